The first-order valence-corrected chi connectivity index (χ1v) is 7.32. The Balaban J connectivity index is 1.67. The van der Waals surface area contributed by atoms with Gasteiger partial charge in [-0.15, -0.1) is 0 Å². The topological polar surface area (TPSA) is 58.2 Å². The van der Waals surface area contributed by atoms with Gasteiger partial charge in [-0.3, -0.25) is 9.59 Å². The predicted octanol–water partition coefficient (Wildman–Crippen LogP) is 1.77. The van der Waals surface area contributed by atoms with Gasteiger partial charge in [-0.1, -0.05) is 23.7 Å². The Bertz CT molecular complexity index is 527. The van der Waals surface area contributed by atoms with Crippen molar-refractivity contribution in [3.63, 3.8) is 0 Å². The molecule has 1 aliphatic heterocycles. The van der Waals surface area contributed by atoms with Gasteiger partial charge in [0.1, 0.15) is 0 Å². The average Bonchev–Trinajstić information content (AvgIpc) is 3.24. The van der Waals surface area contributed by atoms with E-state index in [9.17, 15) is 9.59 Å². The van der Waals surface area contributed by atoms with Crippen LogP contribution in [-0.4, -0.2) is 24.4 Å². The number of halogens is 1. The number of rotatable bonds is 3. The molecule has 2 N–H and O–H groups in total. The van der Waals surface area contributed by atoms with Crippen LogP contribution in [0.5, 0.6) is 0 Å². The molecule has 1 unspecified atom stereocenters. The molecule has 106 valence electrons. The van der Waals surface area contributed by atoms with E-state index in [0.717, 1.165) is 18.4 Å². The number of piperidine rings is 1. The van der Waals surface area contributed by atoms with Gasteiger partial charge in [0, 0.05) is 24.0 Å². The molecule has 5 heteroatoms. The Morgan fingerprint density at radius 2 is 2.00 bits per heavy atom. The Labute approximate surface area is 122 Å². The van der Waals surface area contributed by atoms with E-state index in [-0.39, 0.29) is 23.3 Å². The summed E-state index contributed by atoms with van der Waals surface area (Å²) in [7, 11) is 0. The maximum absolute atomic E-state index is 12.5. The summed E-state index contributed by atoms with van der Waals surface area (Å²) in [6.45, 7) is 0.529. The maximum atomic E-state index is 12.5. The lowest BCUT2D eigenvalue weighted by Gasteiger charge is -2.26. The third-order valence-electron chi connectivity index (χ3n) is 4.18. The van der Waals surface area contributed by atoms with Crippen molar-refractivity contribution in [3.8, 4) is 0 Å². The molecule has 1 aromatic carbocycles. The molecule has 2 aliphatic rings. The van der Waals surface area contributed by atoms with Crippen LogP contribution in [0.2, 0.25) is 5.02 Å². The summed E-state index contributed by atoms with van der Waals surface area (Å²) in [6.07, 6.45) is 2.95. The lowest BCUT2D eigenvalue weighted by atomic mass is 9.94. The van der Waals surface area contributed by atoms with Crippen LogP contribution in [0.25, 0.3) is 0 Å². The van der Waals surface area contributed by atoms with Crippen molar-refractivity contribution >= 4 is 23.4 Å². The van der Waals surface area contributed by atoms with E-state index in [0.29, 0.717) is 24.4 Å². The second-order valence-corrected chi connectivity index (χ2v) is 6.04. The zero-order valence-electron chi connectivity index (χ0n) is 11.1. The van der Waals surface area contributed by atoms with Crippen LogP contribution in [-0.2, 0) is 15.0 Å². The molecule has 1 atom stereocenters. The molecule has 3 rings (SSSR count). The summed E-state index contributed by atoms with van der Waals surface area (Å²) < 4.78 is 0. The molecule has 1 saturated carbocycles. The minimum atomic E-state index is -0.383. The van der Waals surface area contributed by atoms with E-state index in [1.54, 1.807) is 0 Å². The summed E-state index contributed by atoms with van der Waals surface area (Å²) in [5.41, 5.74) is 0.644. The van der Waals surface area contributed by atoms with Crippen molar-refractivity contribution in [2.24, 2.45) is 0 Å². The largest absolute Gasteiger partial charge is 0.354 e. The van der Waals surface area contributed by atoms with Crippen LogP contribution in [0.4, 0.5) is 0 Å². The van der Waals surface area contributed by atoms with Gasteiger partial charge in [-0.05, 0) is 37.0 Å². The molecular weight excluding hydrogens is 276 g/mol. The molecule has 1 aromatic rings. The molecule has 1 aliphatic carbocycles. The summed E-state index contributed by atoms with van der Waals surface area (Å²) in [5.74, 6) is 0.135. The number of benzene rings is 1. The van der Waals surface area contributed by atoms with Crippen LogP contribution in [0.1, 0.15) is 31.2 Å². The minimum Gasteiger partial charge on any atom is -0.354 e. The Hall–Kier alpha value is -1.55. The number of amides is 2. The van der Waals surface area contributed by atoms with Crippen molar-refractivity contribution in [2.75, 3.05) is 6.54 Å². The molecular formula is C15H17ClN2O2. The van der Waals surface area contributed by atoms with Crippen molar-refractivity contribution < 1.29 is 9.59 Å². The van der Waals surface area contributed by atoms with E-state index < -0.39 is 0 Å². The lowest BCUT2D eigenvalue weighted by Crippen LogP contribution is -2.50. The first-order valence-electron chi connectivity index (χ1n) is 6.94. The van der Waals surface area contributed by atoms with Gasteiger partial charge in [0.15, 0.2) is 0 Å². The fourth-order valence-corrected chi connectivity index (χ4v) is 2.85. The standard InChI is InChI=1S/C15H17ClN2O2/c16-11-3-1-10(2-4-11)15(7-8-15)14(20)18-12-5-6-13(19)17-9-12/h1-4,12H,5-9H2,(H,17,19)(H,18,20). The van der Waals surface area contributed by atoms with Crippen molar-refractivity contribution in [2.45, 2.75) is 37.1 Å². The van der Waals surface area contributed by atoms with E-state index in [1.807, 2.05) is 24.3 Å². The average molecular weight is 293 g/mol. The highest BCUT2D eigenvalue weighted by Gasteiger charge is 2.51. The molecule has 0 radical (unpaired) electrons. The summed E-state index contributed by atoms with van der Waals surface area (Å²) in [4.78, 5) is 23.6. The molecule has 1 saturated heterocycles. The number of carbonyl (C=O) groups is 2. The second-order valence-electron chi connectivity index (χ2n) is 5.60. The highest BCUT2D eigenvalue weighted by molar-refractivity contribution is 6.30. The first-order chi connectivity index (χ1) is 9.60. The van der Waals surface area contributed by atoms with E-state index in [4.69, 9.17) is 11.6 Å². The van der Waals surface area contributed by atoms with Crippen LogP contribution >= 0.6 is 11.6 Å². The van der Waals surface area contributed by atoms with Crippen LogP contribution in [0.15, 0.2) is 24.3 Å². The molecule has 0 aromatic heterocycles. The van der Waals surface area contributed by atoms with Gasteiger partial charge in [0.2, 0.25) is 11.8 Å². The highest BCUT2D eigenvalue weighted by Crippen LogP contribution is 2.48. The summed E-state index contributed by atoms with van der Waals surface area (Å²) in [6, 6.07) is 7.55. The molecule has 1 heterocycles. The van der Waals surface area contributed by atoms with Gasteiger partial charge >= 0.3 is 0 Å². The molecule has 2 amide bonds. The lowest BCUT2D eigenvalue weighted by molar-refractivity contribution is -0.127. The van der Waals surface area contributed by atoms with Crippen molar-refractivity contribution in [1.82, 2.24) is 10.6 Å². The van der Waals surface area contributed by atoms with Gasteiger partial charge in [-0.2, -0.15) is 0 Å². The quantitative estimate of drug-likeness (QED) is 0.892. The molecule has 0 bridgehead atoms. The van der Waals surface area contributed by atoms with E-state index in [2.05, 4.69) is 10.6 Å². The second kappa shape index (κ2) is 5.09. The Kier molecular flexibility index (Phi) is 3.42. The van der Waals surface area contributed by atoms with Crippen molar-refractivity contribution in [1.29, 1.82) is 0 Å². The molecule has 0 spiro atoms. The van der Waals surface area contributed by atoms with Crippen LogP contribution < -0.4 is 10.6 Å². The number of hydrogen-bond acceptors (Lipinski definition) is 2. The smallest absolute Gasteiger partial charge is 0.230 e. The van der Waals surface area contributed by atoms with E-state index >= 15 is 0 Å². The van der Waals surface area contributed by atoms with Gasteiger partial charge in [0.05, 0.1) is 5.41 Å². The molecule has 2 fully saturated rings. The monoisotopic (exact) mass is 292 g/mol. The van der Waals surface area contributed by atoms with Gasteiger partial charge < -0.3 is 10.6 Å². The third-order valence-corrected chi connectivity index (χ3v) is 4.43. The zero-order chi connectivity index (χ0) is 14.2. The van der Waals surface area contributed by atoms with Gasteiger partial charge in [-0.25, -0.2) is 0 Å². The SMILES string of the molecule is O=C1CCC(NC(=O)C2(c3ccc(Cl)cc3)CC2)CN1. The molecule has 20 heavy (non-hydrogen) atoms. The van der Waals surface area contributed by atoms with Crippen molar-refractivity contribution in [3.05, 3.63) is 34.9 Å². The number of carbonyl (C=O) groups excluding carboxylic acids is 2. The highest BCUT2D eigenvalue weighted by atomic mass is 35.5. The first kappa shape index (κ1) is 13.4. The van der Waals surface area contributed by atoms with Crippen LogP contribution in [0.3, 0.4) is 0 Å². The number of nitrogens with one attached hydrogen (secondary N) is 2. The van der Waals surface area contributed by atoms with E-state index in [1.165, 1.54) is 0 Å². The van der Waals surface area contributed by atoms with Gasteiger partial charge in [0.25, 0.3) is 0 Å². The minimum absolute atomic E-state index is 0.0463. The Morgan fingerprint density at radius 3 is 2.55 bits per heavy atom. The zero-order valence-corrected chi connectivity index (χ0v) is 11.9. The maximum Gasteiger partial charge on any atom is 0.230 e. The Morgan fingerprint density at radius 1 is 1.30 bits per heavy atom. The fourth-order valence-electron chi connectivity index (χ4n) is 2.72. The number of hydrogen-bond donors (Lipinski definition) is 2. The third kappa shape index (κ3) is 2.52. The normalized spacial score (nSPS) is 23.9. The summed E-state index contributed by atoms with van der Waals surface area (Å²) in [5, 5.41) is 6.53. The fraction of sp³-hybridized carbons (Fsp3) is 0.467. The van der Waals surface area contributed by atoms with Crippen LogP contribution in [0, 0.1) is 0 Å². The molecule has 4 nitrogen and oxygen atoms in total. The predicted molar refractivity (Wildman–Crippen MR) is 76.5 cm³/mol. The summed E-state index contributed by atoms with van der Waals surface area (Å²) >= 11 is 5.89.